The highest BCUT2D eigenvalue weighted by molar-refractivity contribution is 6.33. The first-order chi connectivity index (χ1) is 13.0. The van der Waals surface area contributed by atoms with Crippen LogP contribution in [-0.4, -0.2) is 43.1 Å². The smallest absolute Gasteiger partial charge is 0.293 e. The van der Waals surface area contributed by atoms with Crippen LogP contribution in [0.1, 0.15) is 12.6 Å². The topological polar surface area (TPSA) is 101 Å². The molecule has 140 valence electrons. The lowest BCUT2D eigenvalue weighted by molar-refractivity contribution is 0.101. The summed E-state index contributed by atoms with van der Waals surface area (Å²) in [5.74, 6) is 0.486. The predicted octanol–water partition coefficient (Wildman–Crippen LogP) is 3.31. The number of aromatic nitrogens is 5. The summed E-state index contributed by atoms with van der Waals surface area (Å²) in [4.78, 5) is 11.0. The first-order valence-electron chi connectivity index (χ1n) is 8.51. The van der Waals surface area contributed by atoms with Crippen LogP contribution in [0.3, 0.4) is 0 Å². The van der Waals surface area contributed by atoms with E-state index in [9.17, 15) is 5.11 Å². The summed E-state index contributed by atoms with van der Waals surface area (Å²) in [7, 11) is 1.69. The molecule has 3 N–H and O–H groups in total. The number of nitrogens with one attached hydrogen (secondary N) is 2. The maximum Gasteiger partial charge on any atom is 0.293 e. The van der Waals surface area contributed by atoms with Gasteiger partial charge in [0.25, 0.3) is 6.01 Å². The van der Waals surface area contributed by atoms with E-state index in [4.69, 9.17) is 21.4 Å². The number of ether oxygens (including phenoxy) is 1. The van der Waals surface area contributed by atoms with Crippen LogP contribution in [0.25, 0.3) is 22.1 Å². The third kappa shape index (κ3) is 3.41. The minimum Gasteiger partial charge on any atom is -0.480 e. The molecule has 8 nitrogen and oxygen atoms in total. The molecule has 4 aromatic rings. The van der Waals surface area contributed by atoms with Crippen molar-refractivity contribution in [3.05, 3.63) is 41.0 Å². The average Bonchev–Trinajstić information content (AvgIpc) is 3.19. The number of aromatic amines is 1. The lowest BCUT2D eigenvalue weighted by Gasteiger charge is -2.10. The van der Waals surface area contributed by atoms with Crippen LogP contribution in [0, 0.1) is 0 Å². The standard InChI is InChI=1S/C18H19ClN6O2/c1-10(27-2)9-25-15-6-4-3-5-11(15)14(24-25)8-20-16-12(19)7-13-17(22-16)23-18(26)21-13/h3-7,10H,8-9H2,1-2H3,(H3,20,21,22,23,26). The van der Waals surface area contributed by atoms with Gasteiger partial charge < -0.3 is 20.1 Å². The Balaban J connectivity index is 1.63. The predicted molar refractivity (Wildman–Crippen MR) is 104 cm³/mol. The van der Waals surface area contributed by atoms with Crippen molar-refractivity contribution in [2.45, 2.75) is 26.1 Å². The van der Waals surface area contributed by atoms with Gasteiger partial charge in [-0.05, 0) is 19.1 Å². The second-order valence-corrected chi connectivity index (χ2v) is 6.70. The number of fused-ring (bicyclic) bond motifs is 2. The van der Waals surface area contributed by atoms with Gasteiger partial charge in [0.15, 0.2) is 5.65 Å². The third-order valence-electron chi connectivity index (χ3n) is 4.40. The van der Waals surface area contributed by atoms with Crippen molar-refractivity contribution in [2.24, 2.45) is 0 Å². The summed E-state index contributed by atoms with van der Waals surface area (Å²) in [6.07, 6.45) is 0.0555. The number of rotatable bonds is 6. The normalized spacial score (nSPS) is 12.7. The van der Waals surface area contributed by atoms with Crippen molar-refractivity contribution < 1.29 is 9.84 Å². The molecular formula is C18H19ClN6O2. The molecule has 0 aliphatic rings. The van der Waals surface area contributed by atoms with Gasteiger partial charge in [-0.3, -0.25) is 4.68 Å². The van der Waals surface area contributed by atoms with E-state index in [0.29, 0.717) is 35.1 Å². The van der Waals surface area contributed by atoms with E-state index in [-0.39, 0.29) is 12.1 Å². The highest BCUT2D eigenvalue weighted by Crippen LogP contribution is 2.26. The van der Waals surface area contributed by atoms with Gasteiger partial charge in [0, 0.05) is 12.5 Å². The number of anilines is 1. The van der Waals surface area contributed by atoms with E-state index in [1.54, 1.807) is 13.2 Å². The van der Waals surface area contributed by atoms with Crippen LogP contribution in [0.4, 0.5) is 5.82 Å². The number of hydrogen-bond donors (Lipinski definition) is 3. The Morgan fingerprint density at radius 1 is 1.33 bits per heavy atom. The summed E-state index contributed by atoms with van der Waals surface area (Å²) < 4.78 is 7.31. The minimum absolute atomic E-state index is 0.0555. The van der Waals surface area contributed by atoms with Crippen LogP contribution in [-0.2, 0) is 17.8 Å². The lowest BCUT2D eigenvalue weighted by Crippen LogP contribution is -2.16. The number of H-pyrrole nitrogens is 1. The highest BCUT2D eigenvalue weighted by Gasteiger charge is 2.14. The van der Waals surface area contributed by atoms with Crippen LogP contribution in [0.5, 0.6) is 6.01 Å². The summed E-state index contributed by atoms with van der Waals surface area (Å²) >= 11 is 6.29. The summed E-state index contributed by atoms with van der Waals surface area (Å²) in [6, 6.07) is 9.54. The van der Waals surface area contributed by atoms with Crippen LogP contribution < -0.4 is 5.32 Å². The molecule has 0 aliphatic carbocycles. The summed E-state index contributed by atoms with van der Waals surface area (Å²) in [5, 5.41) is 18.9. The number of imidazole rings is 1. The molecule has 0 bridgehead atoms. The van der Waals surface area contributed by atoms with Crippen molar-refractivity contribution in [3.8, 4) is 6.01 Å². The van der Waals surface area contributed by atoms with E-state index in [1.165, 1.54) is 0 Å². The Hall–Kier alpha value is -2.84. The van der Waals surface area contributed by atoms with Gasteiger partial charge in [0.05, 0.1) is 40.9 Å². The fraction of sp³-hybridized carbons (Fsp3) is 0.278. The van der Waals surface area contributed by atoms with Crippen molar-refractivity contribution in [1.82, 2.24) is 24.7 Å². The van der Waals surface area contributed by atoms with E-state index < -0.39 is 0 Å². The molecule has 9 heteroatoms. The summed E-state index contributed by atoms with van der Waals surface area (Å²) in [6.45, 7) is 3.12. The summed E-state index contributed by atoms with van der Waals surface area (Å²) in [5.41, 5.74) is 2.90. The Morgan fingerprint density at radius 3 is 2.96 bits per heavy atom. The largest absolute Gasteiger partial charge is 0.480 e. The van der Waals surface area contributed by atoms with Crippen LogP contribution in [0.15, 0.2) is 30.3 Å². The second kappa shape index (κ2) is 7.05. The molecule has 0 spiro atoms. The van der Waals surface area contributed by atoms with E-state index >= 15 is 0 Å². The maximum absolute atomic E-state index is 9.47. The van der Waals surface area contributed by atoms with Crippen molar-refractivity contribution in [1.29, 1.82) is 0 Å². The molecule has 1 aromatic carbocycles. The van der Waals surface area contributed by atoms with Gasteiger partial charge in [0.2, 0.25) is 0 Å². The van der Waals surface area contributed by atoms with Crippen LogP contribution in [0.2, 0.25) is 5.02 Å². The molecule has 0 saturated heterocycles. The third-order valence-corrected chi connectivity index (χ3v) is 4.69. The molecule has 0 radical (unpaired) electrons. The molecule has 0 saturated carbocycles. The molecular weight excluding hydrogens is 368 g/mol. The lowest BCUT2D eigenvalue weighted by atomic mass is 10.2. The number of nitrogens with zero attached hydrogens (tertiary/aromatic N) is 4. The molecule has 3 heterocycles. The molecule has 3 aromatic heterocycles. The zero-order valence-electron chi connectivity index (χ0n) is 14.9. The van der Waals surface area contributed by atoms with E-state index in [2.05, 4.69) is 20.3 Å². The van der Waals surface area contributed by atoms with Gasteiger partial charge in [-0.15, -0.1) is 0 Å². The van der Waals surface area contributed by atoms with Crippen LogP contribution >= 0.6 is 11.6 Å². The average molecular weight is 387 g/mol. The van der Waals surface area contributed by atoms with Crippen molar-refractivity contribution in [2.75, 3.05) is 12.4 Å². The first-order valence-corrected chi connectivity index (χ1v) is 8.89. The fourth-order valence-corrected chi connectivity index (χ4v) is 3.20. The Kier molecular flexibility index (Phi) is 4.59. The molecule has 0 fully saturated rings. The quantitative estimate of drug-likeness (QED) is 0.470. The molecule has 1 unspecified atom stereocenters. The Labute approximate surface area is 160 Å². The molecule has 0 aliphatic heterocycles. The van der Waals surface area contributed by atoms with Gasteiger partial charge >= 0.3 is 0 Å². The number of pyridine rings is 1. The minimum atomic E-state index is -0.192. The maximum atomic E-state index is 9.47. The van der Waals surface area contributed by atoms with Gasteiger partial charge in [-0.1, -0.05) is 29.8 Å². The molecule has 4 rings (SSSR count). The highest BCUT2D eigenvalue weighted by atomic mass is 35.5. The molecule has 1 atom stereocenters. The first kappa shape index (κ1) is 17.6. The number of hydrogen-bond acceptors (Lipinski definition) is 6. The van der Waals surface area contributed by atoms with E-state index in [0.717, 1.165) is 16.6 Å². The van der Waals surface area contributed by atoms with Gasteiger partial charge in [-0.2, -0.15) is 10.1 Å². The van der Waals surface area contributed by atoms with Crippen molar-refractivity contribution >= 4 is 39.5 Å². The number of benzene rings is 1. The van der Waals surface area contributed by atoms with Crippen molar-refractivity contribution in [3.63, 3.8) is 0 Å². The van der Waals surface area contributed by atoms with Gasteiger partial charge in [0.1, 0.15) is 5.82 Å². The number of halogens is 1. The number of methoxy groups -OCH3 is 1. The SMILES string of the molecule is COC(C)Cn1nc(CNc2nc3nc(O)[nH]c3cc2Cl)c2ccccc21. The molecule has 27 heavy (non-hydrogen) atoms. The monoisotopic (exact) mass is 386 g/mol. The Bertz CT molecular complexity index is 1110. The zero-order chi connectivity index (χ0) is 19.0. The number of aromatic hydroxyl groups is 1. The van der Waals surface area contributed by atoms with Gasteiger partial charge in [-0.25, -0.2) is 4.98 Å². The second-order valence-electron chi connectivity index (χ2n) is 6.30. The number of para-hydroxylation sites is 1. The Morgan fingerprint density at radius 2 is 2.15 bits per heavy atom. The molecule has 0 amide bonds. The fourth-order valence-electron chi connectivity index (χ4n) is 2.98. The zero-order valence-corrected chi connectivity index (χ0v) is 15.7. The van der Waals surface area contributed by atoms with E-state index in [1.807, 2.05) is 35.9 Å².